The molecular weight excluding hydrogens is 256 g/mol. The van der Waals surface area contributed by atoms with Gasteiger partial charge >= 0.3 is 0 Å². The van der Waals surface area contributed by atoms with Crippen molar-refractivity contribution < 1.29 is 0 Å². The zero-order valence-corrected chi connectivity index (χ0v) is 13.4. The Kier molecular flexibility index (Phi) is 5.32. The molecule has 0 bridgehead atoms. The number of likely N-dealkylation sites (tertiary alicyclic amines) is 1. The van der Waals surface area contributed by atoms with Crippen LogP contribution in [0.5, 0.6) is 0 Å². The first-order chi connectivity index (χ1) is 10.4. The van der Waals surface area contributed by atoms with Crippen molar-refractivity contribution in [2.24, 2.45) is 5.92 Å². The van der Waals surface area contributed by atoms with E-state index < -0.39 is 0 Å². The Morgan fingerprint density at radius 3 is 2.57 bits per heavy atom. The van der Waals surface area contributed by atoms with Crippen molar-refractivity contribution in [3.8, 4) is 0 Å². The van der Waals surface area contributed by atoms with Gasteiger partial charge < -0.3 is 5.32 Å². The summed E-state index contributed by atoms with van der Waals surface area (Å²) in [6.07, 6.45) is 8.27. The zero-order chi connectivity index (χ0) is 14.5. The fourth-order valence-corrected chi connectivity index (χ4v) is 4.10. The third-order valence-corrected chi connectivity index (χ3v) is 5.48. The van der Waals surface area contributed by atoms with Gasteiger partial charge in [-0.25, -0.2) is 0 Å². The molecular formula is C19H30N2. The van der Waals surface area contributed by atoms with Crippen LogP contribution >= 0.6 is 0 Å². The Hall–Kier alpha value is -0.860. The number of hydrogen-bond donors (Lipinski definition) is 1. The van der Waals surface area contributed by atoms with Gasteiger partial charge in [0.2, 0.25) is 0 Å². The predicted molar refractivity (Wildman–Crippen MR) is 89.4 cm³/mol. The van der Waals surface area contributed by atoms with Gasteiger partial charge in [-0.2, -0.15) is 0 Å². The molecule has 3 atom stereocenters. The van der Waals surface area contributed by atoms with E-state index in [0.717, 1.165) is 18.5 Å². The molecule has 1 aliphatic carbocycles. The van der Waals surface area contributed by atoms with Crippen molar-refractivity contribution in [3.05, 3.63) is 35.9 Å². The normalized spacial score (nSPS) is 28.0. The Morgan fingerprint density at radius 2 is 1.90 bits per heavy atom. The van der Waals surface area contributed by atoms with Crippen molar-refractivity contribution in [1.29, 1.82) is 0 Å². The Morgan fingerprint density at radius 1 is 1.14 bits per heavy atom. The van der Waals surface area contributed by atoms with Crippen molar-refractivity contribution in [2.45, 2.75) is 57.5 Å². The first kappa shape index (κ1) is 15.1. The summed E-state index contributed by atoms with van der Waals surface area (Å²) < 4.78 is 0. The summed E-state index contributed by atoms with van der Waals surface area (Å²) in [4.78, 5) is 2.68. The van der Waals surface area contributed by atoms with Gasteiger partial charge in [-0.15, -0.1) is 0 Å². The third kappa shape index (κ3) is 3.87. The van der Waals surface area contributed by atoms with E-state index in [-0.39, 0.29) is 0 Å². The van der Waals surface area contributed by atoms with Crippen LogP contribution in [0, 0.1) is 5.92 Å². The van der Waals surface area contributed by atoms with Gasteiger partial charge in [0.15, 0.2) is 0 Å². The molecule has 116 valence electrons. The summed E-state index contributed by atoms with van der Waals surface area (Å²) in [6, 6.07) is 12.4. The Balaban J connectivity index is 1.60. The molecule has 3 rings (SSSR count). The van der Waals surface area contributed by atoms with Crippen molar-refractivity contribution in [3.63, 3.8) is 0 Å². The topological polar surface area (TPSA) is 15.3 Å². The van der Waals surface area contributed by atoms with Gasteiger partial charge in [0.1, 0.15) is 0 Å². The molecule has 0 radical (unpaired) electrons. The highest BCUT2D eigenvalue weighted by atomic mass is 15.2. The van der Waals surface area contributed by atoms with Crippen LogP contribution < -0.4 is 5.32 Å². The number of hydrogen-bond acceptors (Lipinski definition) is 2. The van der Waals surface area contributed by atoms with Gasteiger partial charge in [-0.3, -0.25) is 4.90 Å². The van der Waals surface area contributed by atoms with Crippen LogP contribution in [-0.2, 0) is 0 Å². The molecule has 2 aliphatic rings. The Labute approximate surface area is 129 Å². The molecule has 2 heteroatoms. The molecule has 21 heavy (non-hydrogen) atoms. The minimum absolute atomic E-state index is 0.564. The van der Waals surface area contributed by atoms with E-state index in [1.807, 2.05) is 0 Å². The molecule has 2 fully saturated rings. The highest BCUT2D eigenvalue weighted by molar-refractivity contribution is 5.19. The third-order valence-electron chi connectivity index (χ3n) is 5.48. The second-order valence-corrected chi connectivity index (χ2v) is 6.86. The second-order valence-electron chi connectivity index (χ2n) is 6.86. The number of nitrogens with one attached hydrogen (secondary N) is 1. The highest BCUT2D eigenvalue weighted by Gasteiger charge is 2.27. The molecule has 1 saturated heterocycles. The lowest BCUT2D eigenvalue weighted by Crippen LogP contribution is -2.38. The molecule has 1 aromatic rings. The van der Waals surface area contributed by atoms with E-state index in [0.29, 0.717) is 6.04 Å². The number of nitrogens with zero attached hydrogens (tertiary/aromatic N) is 1. The van der Waals surface area contributed by atoms with Crippen LogP contribution in [0.3, 0.4) is 0 Å². The summed E-state index contributed by atoms with van der Waals surface area (Å²) in [5.41, 5.74) is 1.48. The molecule has 1 aromatic carbocycles. The van der Waals surface area contributed by atoms with Crippen LogP contribution in [0.15, 0.2) is 30.3 Å². The first-order valence-corrected chi connectivity index (χ1v) is 8.89. The van der Waals surface area contributed by atoms with Gasteiger partial charge in [0.25, 0.3) is 0 Å². The standard InChI is InChI=1S/C19H30N2/c1-2-16-10-11-18(14-16)20-15-19(21-12-6-7-13-21)17-8-4-3-5-9-17/h3-5,8-9,16,18-20H,2,6-7,10-15H2,1H3. The maximum atomic E-state index is 3.88. The predicted octanol–water partition coefficient (Wildman–Crippen LogP) is 3.99. The van der Waals surface area contributed by atoms with E-state index in [1.165, 1.54) is 57.2 Å². The SMILES string of the molecule is CCC1CCC(NCC(c2ccccc2)N2CCCC2)C1. The lowest BCUT2D eigenvalue weighted by Gasteiger charge is -2.29. The summed E-state index contributed by atoms with van der Waals surface area (Å²) in [7, 11) is 0. The zero-order valence-electron chi connectivity index (χ0n) is 13.4. The largest absolute Gasteiger partial charge is 0.312 e. The van der Waals surface area contributed by atoms with E-state index in [4.69, 9.17) is 0 Å². The summed E-state index contributed by atoms with van der Waals surface area (Å²) in [5, 5.41) is 3.88. The molecule has 0 amide bonds. The molecule has 2 nitrogen and oxygen atoms in total. The molecule has 0 aromatic heterocycles. The van der Waals surface area contributed by atoms with Gasteiger partial charge in [0, 0.05) is 18.6 Å². The second kappa shape index (κ2) is 7.42. The van der Waals surface area contributed by atoms with E-state index in [2.05, 4.69) is 47.5 Å². The number of benzene rings is 1. The maximum absolute atomic E-state index is 3.88. The van der Waals surface area contributed by atoms with E-state index >= 15 is 0 Å². The molecule has 1 heterocycles. The average molecular weight is 286 g/mol. The van der Waals surface area contributed by atoms with Crippen LogP contribution in [-0.4, -0.2) is 30.6 Å². The van der Waals surface area contributed by atoms with Crippen molar-refractivity contribution in [1.82, 2.24) is 10.2 Å². The fourth-order valence-electron chi connectivity index (χ4n) is 4.10. The van der Waals surface area contributed by atoms with Crippen LogP contribution in [0.25, 0.3) is 0 Å². The lowest BCUT2D eigenvalue weighted by molar-refractivity contribution is 0.232. The quantitative estimate of drug-likeness (QED) is 0.850. The average Bonchev–Trinajstić information content (AvgIpc) is 3.20. The molecule has 3 unspecified atom stereocenters. The monoisotopic (exact) mass is 286 g/mol. The summed E-state index contributed by atoms with van der Waals surface area (Å²) in [6.45, 7) is 5.99. The minimum Gasteiger partial charge on any atom is -0.312 e. The highest BCUT2D eigenvalue weighted by Crippen LogP contribution is 2.29. The fraction of sp³-hybridized carbons (Fsp3) is 0.684. The van der Waals surface area contributed by atoms with Gasteiger partial charge in [-0.05, 0) is 56.7 Å². The van der Waals surface area contributed by atoms with Crippen molar-refractivity contribution in [2.75, 3.05) is 19.6 Å². The van der Waals surface area contributed by atoms with Gasteiger partial charge in [-0.1, -0.05) is 43.7 Å². The molecule has 1 saturated carbocycles. The lowest BCUT2D eigenvalue weighted by atomic mass is 10.0. The molecule has 1 aliphatic heterocycles. The maximum Gasteiger partial charge on any atom is 0.0472 e. The molecule has 0 spiro atoms. The van der Waals surface area contributed by atoms with E-state index in [9.17, 15) is 0 Å². The molecule has 1 N–H and O–H groups in total. The van der Waals surface area contributed by atoms with E-state index in [1.54, 1.807) is 0 Å². The number of rotatable bonds is 6. The summed E-state index contributed by atoms with van der Waals surface area (Å²) in [5.74, 6) is 0.962. The minimum atomic E-state index is 0.564. The summed E-state index contributed by atoms with van der Waals surface area (Å²) >= 11 is 0. The van der Waals surface area contributed by atoms with Crippen LogP contribution in [0.2, 0.25) is 0 Å². The van der Waals surface area contributed by atoms with Gasteiger partial charge in [0.05, 0.1) is 0 Å². The smallest absolute Gasteiger partial charge is 0.0472 e. The first-order valence-electron chi connectivity index (χ1n) is 8.89. The van der Waals surface area contributed by atoms with Crippen LogP contribution in [0.1, 0.15) is 57.1 Å². The van der Waals surface area contributed by atoms with Crippen LogP contribution in [0.4, 0.5) is 0 Å². The Bertz CT molecular complexity index is 411. The van der Waals surface area contributed by atoms with Crippen molar-refractivity contribution >= 4 is 0 Å².